The van der Waals surface area contributed by atoms with Gasteiger partial charge in [0, 0.05) is 18.8 Å². The number of hydrogen-bond donors (Lipinski definition) is 0. The minimum absolute atomic E-state index is 0.634. The maximum atomic E-state index is 8.38. The fraction of sp³-hybridized carbons (Fsp3) is 0.889. The van der Waals surface area contributed by atoms with Crippen molar-refractivity contribution in [2.24, 2.45) is 0 Å². The zero-order valence-electron chi connectivity index (χ0n) is 7.72. The summed E-state index contributed by atoms with van der Waals surface area (Å²) in [5.74, 6) is 0.746. The summed E-state index contributed by atoms with van der Waals surface area (Å²) in [4.78, 5) is 2.29. The molecule has 0 saturated heterocycles. The first-order chi connectivity index (χ1) is 5.85. The molecule has 0 atom stereocenters. The van der Waals surface area contributed by atoms with Gasteiger partial charge in [-0.15, -0.1) is 11.6 Å². The molecule has 0 aromatic heterocycles. The van der Waals surface area contributed by atoms with Gasteiger partial charge in [0.2, 0.25) is 0 Å². The van der Waals surface area contributed by atoms with Crippen molar-refractivity contribution in [2.45, 2.75) is 26.2 Å². The molecule has 0 aliphatic heterocycles. The van der Waals surface area contributed by atoms with Crippen LogP contribution >= 0.6 is 11.6 Å². The topological polar surface area (TPSA) is 27.0 Å². The molecule has 0 fully saturated rings. The van der Waals surface area contributed by atoms with Crippen molar-refractivity contribution in [3.8, 4) is 6.07 Å². The van der Waals surface area contributed by atoms with E-state index in [1.54, 1.807) is 0 Å². The Hall–Kier alpha value is -0.260. The number of hydrogen-bond acceptors (Lipinski definition) is 2. The Labute approximate surface area is 80.1 Å². The van der Waals surface area contributed by atoms with Crippen molar-refractivity contribution in [2.75, 3.05) is 25.5 Å². The van der Waals surface area contributed by atoms with Crippen LogP contribution in [0.1, 0.15) is 26.2 Å². The normalized spacial score (nSPS) is 10.2. The molecule has 0 amide bonds. The zero-order valence-corrected chi connectivity index (χ0v) is 8.48. The maximum absolute atomic E-state index is 8.38. The average molecular weight is 189 g/mol. The lowest BCUT2D eigenvalue weighted by Gasteiger charge is -2.17. The molecule has 0 heterocycles. The van der Waals surface area contributed by atoms with Gasteiger partial charge in [0.05, 0.1) is 6.07 Å². The predicted octanol–water partition coefficient (Wildman–Crippen LogP) is 2.24. The Morgan fingerprint density at radius 2 is 2.08 bits per heavy atom. The number of alkyl halides is 1. The fourth-order valence-corrected chi connectivity index (χ4v) is 1.26. The molecular weight excluding hydrogens is 172 g/mol. The maximum Gasteiger partial charge on any atom is 0.0635 e. The van der Waals surface area contributed by atoms with Crippen molar-refractivity contribution in [3.05, 3.63) is 0 Å². The molecule has 0 rings (SSSR count). The summed E-state index contributed by atoms with van der Waals surface area (Å²) in [6.45, 7) is 5.13. The van der Waals surface area contributed by atoms with E-state index >= 15 is 0 Å². The van der Waals surface area contributed by atoms with Gasteiger partial charge in [0.1, 0.15) is 0 Å². The van der Waals surface area contributed by atoms with E-state index in [-0.39, 0.29) is 0 Å². The van der Waals surface area contributed by atoms with Crippen LogP contribution in [0.3, 0.4) is 0 Å². The molecule has 70 valence electrons. The minimum Gasteiger partial charge on any atom is -0.303 e. The van der Waals surface area contributed by atoms with Crippen LogP contribution in [-0.2, 0) is 0 Å². The molecule has 0 aromatic carbocycles. The fourth-order valence-electron chi connectivity index (χ4n) is 1.07. The molecule has 0 unspecified atom stereocenters. The van der Waals surface area contributed by atoms with E-state index in [9.17, 15) is 0 Å². The van der Waals surface area contributed by atoms with Crippen LogP contribution < -0.4 is 0 Å². The lowest BCUT2D eigenvalue weighted by atomic mass is 10.3. The van der Waals surface area contributed by atoms with Crippen molar-refractivity contribution in [1.82, 2.24) is 4.90 Å². The minimum atomic E-state index is 0.634. The summed E-state index contributed by atoms with van der Waals surface area (Å²) >= 11 is 5.56. The van der Waals surface area contributed by atoms with Crippen molar-refractivity contribution in [3.63, 3.8) is 0 Å². The third-order valence-corrected chi connectivity index (χ3v) is 2.11. The molecule has 12 heavy (non-hydrogen) atoms. The molecule has 0 bridgehead atoms. The highest BCUT2D eigenvalue weighted by molar-refractivity contribution is 6.17. The third-order valence-electron chi connectivity index (χ3n) is 1.85. The highest BCUT2D eigenvalue weighted by Gasteiger charge is 1.99. The van der Waals surface area contributed by atoms with Crippen LogP contribution in [0.15, 0.2) is 0 Å². The van der Waals surface area contributed by atoms with Gasteiger partial charge >= 0.3 is 0 Å². The van der Waals surface area contributed by atoms with Crippen LogP contribution in [-0.4, -0.2) is 30.4 Å². The zero-order chi connectivity index (χ0) is 9.23. The second kappa shape index (κ2) is 8.83. The SMILES string of the molecule is CCN(CCC#N)CCCCCl. The smallest absolute Gasteiger partial charge is 0.0635 e. The Bertz CT molecular complexity index is 131. The van der Waals surface area contributed by atoms with Crippen molar-refractivity contribution in [1.29, 1.82) is 5.26 Å². The van der Waals surface area contributed by atoms with Gasteiger partial charge in [-0.05, 0) is 25.9 Å². The summed E-state index contributed by atoms with van der Waals surface area (Å²) < 4.78 is 0. The van der Waals surface area contributed by atoms with Crippen LogP contribution in [0.25, 0.3) is 0 Å². The summed E-state index contributed by atoms with van der Waals surface area (Å²) in [5.41, 5.74) is 0. The number of rotatable bonds is 7. The van der Waals surface area contributed by atoms with Crippen LogP contribution in [0.2, 0.25) is 0 Å². The Morgan fingerprint density at radius 1 is 1.33 bits per heavy atom. The predicted molar refractivity (Wildman–Crippen MR) is 52.3 cm³/mol. The molecular formula is C9H17ClN2. The van der Waals surface area contributed by atoms with Gasteiger partial charge < -0.3 is 4.90 Å². The Kier molecular flexibility index (Phi) is 8.64. The summed E-state index contributed by atoms with van der Waals surface area (Å²) in [6, 6.07) is 2.16. The van der Waals surface area contributed by atoms with Crippen molar-refractivity contribution >= 4 is 11.6 Å². The molecule has 3 heteroatoms. The van der Waals surface area contributed by atoms with Gasteiger partial charge in [0.25, 0.3) is 0 Å². The quantitative estimate of drug-likeness (QED) is 0.453. The number of nitrogens with zero attached hydrogens (tertiary/aromatic N) is 2. The molecule has 0 aromatic rings. The summed E-state index contributed by atoms with van der Waals surface area (Å²) in [6.07, 6.45) is 2.85. The van der Waals surface area contributed by atoms with E-state index in [0.717, 1.165) is 38.4 Å². The summed E-state index contributed by atoms with van der Waals surface area (Å²) in [7, 11) is 0. The molecule has 0 radical (unpaired) electrons. The largest absolute Gasteiger partial charge is 0.303 e. The second-order valence-corrected chi connectivity index (χ2v) is 3.12. The van der Waals surface area contributed by atoms with Gasteiger partial charge in [-0.3, -0.25) is 0 Å². The van der Waals surface area contributed by atoms with E-state index in [0.29, 0.717) is 6.42 Å². The van der Waals surface area contributed by atoms with Crippen LogP contribution in [0, 0.1) is 11.3 Å². The van der Waals surface area contributed by atoms with Gasteiger partial charge in [-0.1, -0.05) is 6.92 Å². The molecule has 2 nitrogen and oxygen atoms in total. The van der Waals surface area contributed by atoms with E-state index in [2.05, 4.69) is 17.9 Å². The first-order valence-corrected chi connectivity index (χ1v) is 5.03. The first-order valence-electron chi connectivity index (χ1n) is 4.50. The van der Waals surface area contributed by atoms with Crippen LogP contribution in [0.4, 0.5) is 0 Å². The van der Waals surface area contributed by atoms with Crippen LogP contribution in [0.5, 0.6) is 0 Å². The average Bonchev–Trinajstić information content (AvgIpc) is 2.11. The summed E-state index contributed by atoms with van der Waals surface area (Å²) in [5, 5.41) is 8.38. The Morgan fingerprint density at radius 3 is 2.58 bits per heavy atom. The lowest BCUT2D eigenvalue weighted by Crippen LogP contribution is -2.25. The van der Waals surface area contributed by atoms with Crippen molar-refractivity contribution < 1.29 is 0 Å². The van der Waals surface area contributed by atoms with E-state index in [1.165, 1.54) is 0 Å². The highest BCUT2D eigenvalue weighted by Crippen LogP contribution is 1.97. The monoisotopic (exact) mass is 188 g/mol. The lowest BCUT2D eigenvalue weighted by molar-refractivity contribution is 0.290. The van der Waals surface area contributed by atoms with Gasteiger partial charge in [0.15, 0.2) is 0 Å². The highest BCUT2D eigenvalue weighted by atomic mass is 35.5. The second-order valence-electron chi connectivity index (χ2n) is 2.74. The molecule has 0 aliphatic carbocycles. The number of halogens is 1. The first kappa shape index (κ1) is 11.7. The Balaban J connectivity index is 3.34. The molecule has 0 aliphatic rings. The third kappa shape index (κ3) is 6.45. The molecule has 0 N–H and O–H groups in total. The van der Waals surface area contributed by atoms with E-state index < -0.39 is 0 Å². The number of nitriles is 1. The molecule has 0 saturated carbocycles. The number of unbranched alkanes of at least 4 members (excludes halogenated alkanes) is 1. The van der Waals surface area contributed by atoms with E-state index in [4.69, 9.17) is 16.9 Å². The van der Waals surface area contributed by atoms with Gasteiger partial charge in [-0.2, -0.15) is 5.26 Å². The standard InChI is InChI=1S/C9H17ClN2/c1-2-12(9-5-7-11)8-4-3-6-10/h2-6,8-9H2,1H3. The molecule has 0 spiro atoms. The van der Waals surface area contributed by atoms with E-state index in [1.807, 2.05) is 0 Å². The van der Waals surface area contributed by atoms with Gasteiger partial charge in [-0.25, -0.2) is 0 Å².